The van der Waals surface area contributed by atoms with Crippen LogP contribution < -0.4 is 10.5 Å². The molecule has 0 spiro atoms. The summed E-state index contributed by atoms with van der Waals surface area (Å²) in [6.45, 7) is 0. The maximum absolute atomic E-state index is 6.19. The SMILES string of the molecule is COc1ccc(CC(N)CCc2ccccc2)cc1. The van der Waals surface area contributed by atoms with Crippen LogP contribution >= 0.6 is 0 Å². The highest BCUT2D eigenvalue weighted by molar-refractivity contribution is 5.27. The van der Waals surface area contributed by atoms with Gasteiger partial charge in [0.2, 0.25) is 0 Å². The Kier molecular flexibility index (Phi) is 4.99. The van der Waals surface area contributed by atoms with E-state index in [0.29, 0.717) is 0 Å². The minimum Gasteiger partial charge on any atom is -0.497 e. The summed E-state index contributed by atoms with van der Waals surface area (Å²) in [7, 11) is 1.68. The third-order valence-electron chi connectivity index (χ3n) is 3.30. The van der Waals surface area contributed by atoms with Gasteiger partial charge in [0.15, 0.2) is 0 Å². The van der Waals surface area contributed by atoms with Crippen molar-refractivity contribution in [1.82, 2.24) is 0 Å². The van der Waals surface area contributed by atoms with E-state index in [1.165, 1.54) is 11.1 Å². The molecule has 2 aromatic carbocycles. The summed E-state index contributed by atoms with van der Waals surface area (Å²) in [5.74, 6) is 0.890. The first kappa shape index (κ1) is 13.6. The van der Waals surface area contributed by atoms with Crippen molar-refractivity contribution in [3.63, 3.8) is 0 Å². The molecule has 0 radical (unpaired) electrons. The van der Waals surface area contributed by atoms with Gasteiger partial charge in [-0.05, 0) is 42.5 Å². The Morgan fingerprint density at radius 1 is 0.947 bits per heavy atom. The lowest BCUT2D eigenvalue weighted by molar-refractivity contribution is 0.414. The summed E-state index contributed by atoms with van der Waals surface area (Å²) in [5.41, 5.74) is 8.81. The van der Waals surface area contributed by atoms with E-state index in [1.807, 2.05) is 18.2 Å². The molecule has 2 rings (SSSR count). The molecule has 2 N–H and O–H groups in total. The zero-order chi connectivity index (χ0) is 13.5. The molecule has 2 nitrogen and oxygen atoms in total. The number of aryl methyl sites for hydroxylation is 1. The first-order chi connectivity index (χ1) is 9.28. The molecule has 0 aromatic heterocycles. The van der Waals surface area contributed by atoms with Crippen molar-refractivity contribution >= 4 is 0 Å². The Labute approximate surface area is 115 Å². The lowest BCUT2D eigenvalue weighted by Crippen LogP contribution is -2.23. The van der Waals surface area contributed by atoms with E-state index in [2.05, 4.69) is 36.4 Å². The lowest BCUT2D eigenvalue weighted by atomic mass is 10.00. The van der Waals surface area contributed by atoms with Crippen molar-refractivity contribution in [1.29, 1.82) is 0 Å². The molecule has 1 atom stereocenters. The Hall–Kier alpha value is -1.80. The lowest BCUT2D eigenvalue weighted by Gasteiger charge is -2.12. The van der Waals surface area contributed by atoms with Gasteiger partial charge in [0.05, 0.1) is 7.11 Å². The highest BCUT2D eigenvalue weighted by Gasteiger charge is 2.05. The van der Waals surface area contributed by atoms with Crippen LogP contribution in [0.15, 0.2) is 54.6 Å². The molecule has 0 bridgehead atoms. The molecule has 0 heterocycles. The highest BCUT2D eigenvalue weighted by Crippen LogP contribution is 2.13. The van der Waals surface area contributed by atoms with Gasteiger partial charge in [-0.3, -0.25) is 0 Å². The van der Waals surface area contributed by atoms with Crippen molar-refractivity contribution in [2.24, 2.45) is 5.73 Å². The van der Waals surface area contributed by atoms with Crippen molar-refractivity contribution in [2.45, 2.75) is 25.3 Å². The number of benzene rings is 2. The van der Waals surface area contributed by atoms with Crippen LogP contribution in [-0.2, 0) is 12.8 Å². The summed E-state index contributed by atoms with van der Waals surface area (Å²) in [4.78, 5) is 0. The van der Waals surface area contributed by atoms with Gasteiger partial charge >= 0.3 is 0 Å². The van der Waals surface area contributed by atoms with Crippen LogP contribution in [0.3, 0.4) is 0 Å². The molecule has 2 aromatic rings. The summed E-state index contributed by atoms with van der Waals surface area (Å²) < 4.78 is 5.15. The Bertz CT molecular complexity index is 478. The highest BCUT2D eigenvalue weighted by atomic mass is 16.5. The molecule has 2 heteroatoms. The van der Waals surface area contributed by atoms with E-state index >= 15 is 0 Å². The topological polar surface area (TPSA) is 35.2 Å². The average molecular weight is 255 g/mol. The molecule has 0 aliphatic rings. The molecule has 1 unspecified atom stereocenters. The summed E-state index contributed by atoms with van der Waals surface area (Å²) in [5, 5.41) is 0. The minimum absolute atomic E-state index is 0.202. The van der Waals surface area contributed by atoms with E-state index in [9.17, 15) is 0 Å². The Morgan fingerprint density at radius 3 is 2.26 bits per heavy atom. The fourth-order valence-corrected chi connectivity index (χ4v) is 2.16. The third-order valence-corrected chi connectivity index (χ3v) is 3.30. The van der Waals surface area contributed by atoms with E-state index in [-0.39, 0.29) is 6.04 Å². The summed E-state index contributed by atoms with van der Waals surface area (Å²) in [6.07, 6.45) is 2.96. The number of nitrogens with two attached hydrogens (primary N) is 1. The standard InChI is InChI=1S/C17H21NO/c1-19-17-11-8-15(9-12-17)13-16(18)10-7-14-5-3-2-4-6-14/h2-6,8-9,11-12,16H,7,10,13,18H2,1H3. The van der Waals surface area contributed by atoms with Crippen LogP contribution in [0.1, 0.15) is 17.5 Å². The van der Waals surface area contributed by atoms with Gasteiger partial charge in [-0.15, -0.1) is 0 Å². The van der Waals surface area contributed by atoms with Gasteiger partial charge in [0.1, 0.15) is 5.75 Å². The molecular formula is C17H21NO. The predicted molar refractivity (Wildman–Crippen MR) is 79.4 cm³/mol. The molecule has 0 saturated carbocycles. The van der Waals surface area contributed by atoms with Crippen LogP contribution in [0.2, 0.25) is 0 Å². The smallest absolute Gasteiger partial charge is 0.118 e. The van der Waals surface area contributed by atoms with E-state index in [4.69, 9.17) is 10.5 Å². The molecule has 0 saturated heterocycles. The normalized spacial score (nSPS) is 12.1. The van der Waals surface area contributed by atoms with Crippen molar-refractivity contribution in [3.05, 3.63) is 65.7 Å². The molecule has 0 fully saturated rings. The second-order valence-corrected chi connectivity index (χ2v) is 4.84. The zero-order valence-corrected chi connectivity index (χ0v) is 11.4. The number of hydrogen-bond acceptors (Lipinski definition) is 2. The quantitative estimate of drug-likeness (QED) is 0.860. The number of ether oxygens (including phenoxy) is 1. The Morgan fingerprint density at radius 2 is 1.63 bits per heavy atom. The monoisotopic (exact) mass is 255 g/mol. The van der Waals surface area contributed by atoms with Gasteiger partial charge in [-0.25, -0.2) is 0 Å². The number of hydrogen-bond donors (Lipinski definition) is 1. The molecule has 19 heavy (non-hydrogen) atoms. The van der Waals surface area contributed by atoms with Crippen LogP contribution in [0.25, 0.3) is 0 Å². The molecule has 100 valence electrons. The Balaban J connectivity index is 1.82. The maximum Gasteiger partial charge on any atom is 0.118 e. The molecular weight excluding hydrogens is 234 g/mol. The second kappa shape index (κ2) is 6.95. The van der Waals surface area contributed by atoms with Crippen LogP contribution in [0, 0.1) is 0 Å². The fraction of sp³-hybridized carbons (Fsp3) is 0.294. The third kappa shape index (κ3) is 4.42. The van der Waals surface area contributed by atoms with Gasteiger partial charge in [0, 0.05) is 6.04 Å². The van der Waals surface area contributed by atoms with Crippen molar-refractivity contribution in [2.75, 3.05) is 7.11 Å². The molecule has 0 aliphatic carbocycles. The van der Waals surface area contributed by atoms with Crippen molar-refractivity contribution in [3.8, 4) is 5.75 Å². The molecule has 0 amide bonds. The van der Waals surface area contributed by atoms with Gasteiger partial charge in [0.25, 0.3) is 0 Å². The second-order valence-electron chi connectivity index (χ2n) is 4.84. The fourth-order valence-electron chi connectivity index (χ4n) is 2.16. The van der Waals surface area contributed by atoms with Gasteiger partial charge in [-0.2, -0.15) is 0 Å². The first-order valence-electron chi connectivity index (χ1n) is 6.70. The first-order valence-corrected chi connectivity index (χ1v) is 6.70. The van der Waals surface area contributed by atoms with Crippen LogP contribution in [0.5, 0.6) is 5.75 Å². The van der Waals surface area contributed by atoms with Gasteiger partial charge in [-0.1, -0.05) is 42.5 Å². The maximum atomic E-state index is 6.19. The summed E-state index contributed by atoms with van der Waals surface area (Å²) >= 11 is 0. The van der Waals surface area contributed by atoms with Crippen LogP contribution in [-0.4, -0.2) is 13.2 Å². The van der Waals surface area contributed by atoms with E-state index in [0.717, 1.165) is 25.0 Å². The summed E-state index contributed by atoms with van der Waals surface area (Å²) in [6, 6.07) is 18.8. The molecule has 0 aliphatic heterocycles. The van der Waals surface area contributed by atoms with Crippen LogP contribution in [0.4, 0.5) is 0 Å². The van der Waals surface area contributed by atoms with Crippen molar-refractivity contribution < 1.29 is 4.74 Å². The number of methoxy groups -OCH3 is 1. The number of rotatable bonds is 6. The predicted octanol–water partition coefficient (Wildman–Crippen LogP) is 3.20. The van der Waals surface area contributed by atoms with E-state index in [1.54, 1.807) is 7.11 Å². The van der Waals surface area contributed by atoms with Gasteiger partial charge < -0.3 is 10.5 Å². The average Bonchev–Trinajstić information content (AvgIpc) is 2.47. The largest absolute Gasteiger partial charge is 0.497 e. The zero-order valence-electron chi connectivity index (χ0n) is 11.4. The van der Waals surface area contributed by atoms with E-state index < -0.39 is 0 Å². The minimum atomic E-state index is 0.202.